The molecule has 9 heteroatoms. The molecule has 0 bridgehead atoms. The van der Waals surface area contributed by atoms with Crippen LogP contribution < -0.4 is 10.6 Å². The lowest BCUT2D eigenvalue weighted by molar-refractivity contribution is -0.153. The molecule has 0 fully saturated rings. The molecule has 5 nitrogen and oxygen atoms in total. The van der Waals surface area contributed by atoms with Crippen LogP contribution in [0.25, 0.3) is 0 Å². The first kappa shape index (κ1) is 21.6. The number of aliphatic imine (C=N–C) groups is 1. The summed E-state index contributed by atoms with van der Waals surface area (Å²) in [6, 6.07) is 0. The number of alkyl halides is 3. The molecule has 120 valence electrons. The molecule has 0 radical (unpaired) electrons. The van der Waals surface area contributed by atoms with Crippen LogP contribution >= 0.6 is 24.0 Å². The van der Waals surface area contributed by atoms with E-state index in [4.69, 9.17) is 4.74 Å². The fraction of sp³-hybridized carbons (Fsp3) is 0.818. The molecule has 0 unspecified atom stereocenters. The highest BCUT2D eigenvalue weighted by atomic mass is 127. The SMILES string of the molecule is CN=C(NCCC(F)(F)F)NCC(=O)OC(C)(C)C.I. The maximum Gasteiger partial charge on any atom is 0.390 e. The first-order chi connectivity index (χ1) is 8.53. The van der Waals surface area contributed by atoms with Gasteiger partial charge in [0.1, 0.15) is 12.1 Å². The zero-order valence-corrected chi connectivity index (χ0v) is 14.3. The maximum atomic E-state index is 11.9. The highest BCUT2D eigenvalue weighted by molar-refractivity contribution is 14.0. The van der Waals surface area contributed by atoms with E-state index in [1.54, 1.807) is 20.8 Å². The number of esters is 1. The summed E-state index contributed by atoms with van der Waals surface area (Å²) in [4.78, 5) is 15.1. The second-order valence-electron chi connectivity index (χ2n) is 4.80. The average Bonchev–Trinajstić information content (AvgIpc) is 2.18. The zero-order chi connectivity index (χ0) is 15.1. The third-order valence-corrected chi connectivity index (χ3v) is 1.74. The van der Waals surface area contributed by atoms with Gasteiger partial charge in [-0.2, -0.15) is 13.2 Å². The fourth-order valence-electron chi connectivity index (χ4n) is 1.08. The third-order valence-electron chi connectivity index (χ3n) is 1.74. The van der Waals surface area contributed by atoms with Gasteiger partial charge in [0, 0.05) is 13.6 Å². The molecule has 0 aliphatic heterocycles. The molecule has 0 heterocycles. The Morgan fingerprint density at radius 3 is 2.15 bits per heavy atom. The standard InChI is InChI=1S/C11H20F3N3O2.HI/c1-10(2,3)19-8(18)7-17-9(15-4)16-6-5-11(12,13)14;/h5-7H2,1-4H3,(H2,15,16,17);1H. The number of guanidine groups is 1. The second-order valence-corrected chi connectivity index (χ2v) is 4.80. The summed E-state index contributed by atoms with van der Waals surface area (Å²) in [6.07, 6.45) is -5.20. The van der Waals surface area contributed by atoms with E-state index in [0.717, 1.165) is 0 Å². The van der Waals surface area contributed by atoms with Crippen molar-refractivity contribution in [1.82, 2.24) is 10.6 Å². The second kappa shape index (κ2) is 9.24. The molecule has 0 rings (SSSR count). The normalized spacial score (nSPS) is 12.4. The van der Waals surface area contributed by atoms with E-state index < -0.39 is 24.2 Å². The number of rotatable bonds is 4. The van der Waals surface area contributed by atoms with Crippen LogP contribution in [0.15, 0.2) is 4.99 Å². The quantitative estimate of drug-likeness (QED) is 0.322. The molecular formula is C11H21F3IN3O2. The van der Waals surface area contributed by atoms with Crippen LogP contribution in [0.4, 0.5) is 13.2 Å². The van der Waals surface area contributed by atoms with Crippen molar-refractivity contribution in [2.75, 3.05) is 20.1 Å². The largest absolute Gasteiger partial charge is 0.459 e. The number of carbonyl (C=O) groups is 1. The molecule has 0 aliphatic rings. The lowest BCUT2D eigenvalue weighted by atomic mass is 10.2. The lowest BCUT2D eigenvalue weighted by Gasteiger charge is -2.20. The van der Waals surface area contributed by atoms with Gasteiger partial charge >= 0.3 is 12.1 Å². The third kappa shape index (κ3) is 13.7. The van der Waals surface area contributed by atoms with Gasteiger partial charge in [-0.15, -0.1) is 24.0 Å². The summed E-state index contributed by atoms with van der Waals surface area (Å²) in [5, 5.41) is 5.03. The average molecular weight is 411 g/mol. The number of carbonyl (C=O) groups excluding carboxylic acids is 1. The van der Waals surface area contributed by atoms with Crippen LogP contribution in [0.3, 0.4) is 0 Å². The van der Waals surface area contributed by atoms with Crippen molar-refractivity contribution >= 4 is 35.9 Å². The molecule has 0 atom stereocenters. The Labute approximate surface area is 133 Å². The highest BCUT2D eigenvalue weighted by Crippen LogP contribution is 2.17. The molecule has 0 aromatic rings. The van der Waals surface area contributed by atoms with Gasteiger partial charge in [0.2, 0.25) is 0 Å². The molecule has 0 aromatic carbocycles. The van der Waals surface area contributed by atoms with E-state index in [1.165, 1.54) is 7.05 Å². The Morgan fingerprint density at radius 1 is 1.20 bits per heavy atom. The predicted octanol–water partition coefficient (Wildman–Crippen LogP) is 2.06. The van der Waals surface area contributed by atoms with Crippen molar-refractivity contribution in [2.24, 2.45) is 4.99 Å². The summed E-state index contributed by atoms with van der Waals surface area (Å²) < 4.78 is 40.8. The van der Waals surface area contributed by atoms with Gasteiger partial charge in [-0.25, -0.2) is 0 Å². The van der Waals surface area contributed by atoms with Crippen molar-refractivity contribution in [2.45, 2.75) is 39.0 Å². The van der Waals surface area contributed by atoms with E-state index in [2.05, 4.69) is 15.6 Å². The molecule has 0 aromatic heterocycles. The molecular weight excluding hydrogens is 390 g/mol. The Hall–Kier alpha value is -0.740. The Kier molecular flexibility index (Phi) is 9.96. The Morgan fingerprint density at radius 2 is 1.75 bits per heavy atom. The molecule has 20 heavy (non-hydrogen) atoms. The number of hydrogen-bond acceptors (Lipinski definition) is 3. The molecule has 0 saturated heterocycles. The molecule has 0 aliphatic carbocycles. The van der Waals surface area contributed by atoms with E-state index in [9.17, 15) is 18.0 Å². The van der Waals surface area contributed by atoms with Gasteiger partial charge in [-0.3, -0.25) is 9.79 Å². The monoisotopic (exact) mass is 411 g/mol. The van der Waals surface area contributed by atoms with Gasteiger partial charge < -0.3 is 15.4 Å². The maximum absolute atomic E-state index is 11.9. The minimum absolute atomic E-state index is 0. The number of ether oxygens (including phenoxy) is 1. The zero-order valence-electron chi connectivity index (χ0n) is 11.9. The topological polar surface area (TPSA) is 62.7 Å². The van der Waals surface area contributed by atoms with Crippen molar-refractivity contribution < 1.29 is 22.7 Å². The summed E-state index contributed by atoms with van der Waals surface area (Å²) >= 11 is 0. The van der Waals surface area contributed by atoms with E-state index in [-0.39, 0.29) is 43.0 Å². The number of nitrogens with zero attached hydrogens (tertiary/aromatic N) is 1. The first-order valence-corrected chi connectivity index (χ1v) is 5.76. The van der Waals surface area contributed by atoms with E-state index >= 15 is 0 Å². The number of halogens is 4. The van der Waals surface area contributed by atoms with Crippen LogP contribution in [0.2, 0.25) is 0 Å². The number of nitrogens with one attached hydrogen (secondary N) is 2. The first-order valence-electron chi connectivity index (χ1n) is 5.76. The Bertz CT molecular complexity index is 328. The minimum Gasteiger partial charge on any atom is -0.459 e. The van der Waals surface area contributed by atoms with Gasteiger partial charge in [-0.05, 0) is 20.8 Å². The van der Waals surface area contributed by atoms with Crippen LogP contribution in [0.1, 0.15) is 27.2 Å². The fourth-order valence-corrected chi connectivity index (χ4v) is 1.08. The number of hydrogen-bond donors (Lipinski definition) is 2. The smallest absolute Gasteiger partial charge is 0.390 e. The lowest BCUT2D eigenvalue weighted by Crippen LogP contribution is -2.42. The van der Waals surface area contributed by atoms with E-state index in [1.807, 2.05) is 0 Å². The highest BCUT2D eigenvalue weighted by Gasteiger charge is 2.26. The van der Waals surface area contributed by atoms with Crippen molar-refractivity contribution in [3.05, 3.63) is 0 Å². The van der Waals surface area contributed by atoms with Crippen molar-refractivity contribution in [1.29, 1.82) is 0 Å². The van der Waals surface area contributed by atoms with Gasteiger partial charge in [0.15, 0.2) is 5.96 Å². The van der Waals surface area contributed by atoms with Gasteiger partial charge in [0.05, 0.1) is 6.42 Å². The molecule has 2 N–H and O–H groups in total. The van der Waals surface area contributed by atoms with E-state index in [0.29, 0.717) is 0 Å². The summed E-state index contributed by atoms with van der Waals surface area (Å²) in [7, 11) is 1.40. The molecule has 0 saturated carbocycles. The molecule has 0 amide bonds. The minimum atomic E-state index is -4.23. The van der Waals surface area contributed by atoms with Crippen molar-refractivity contribution in [3.8, 4) is 0 Å². The molecule has 0 spiro atoms. The van der Waals surface area contributed by atoms with Crippen LogP contribution in [0.5, 0.6) is 0 Å². The summed E-state index contributed by atoms with van der Waals surface area (Å²) in [5.74, 6) is -0.388. The summed E-state index contributed by atoms with van der Waals surface area (Å²) in [5.41, 5.74) is -0.605. The van der Waals surface area contributed by atoms with Crippen LogP contribution in [0, 0.1) is 0 Å². The van der Waals surface area contributed by atoms with Gasteiger partial charge in [0.25, 0.3) is 0 Å². The predicted molar refractivity (Wildman–Crippen MR) is 81.3 cm³/mol. The van der Waals surface area contributed by atoms with Gasteiger partial charge in [-0.1, -0.05) is 0 Å². The van der Waals surface area contributed by atoms with Crippen LogP contribution in [-0.4, -0.2) is 43.8 Å². The Balaban J connectivity index is 0. The van der Waals surface area contributed by atoms with Crippen molar-refractivity contribution in [3.63, 3.8) is 0 Å². The van der Waals surface area contributed by atoms with Crippen LogP contribution in [-0.2, 0) is 9.53 Å². The summed E-state index contributed by atoms with van der Waals surface area (Å²) in [6.45, 7) is 4.70.